The predicted octanol–water partition coefficient (Wildman–Crippen LogP) is 4.03. The van der Waals surface area contributed by atoms with Crippen LogP contribution in [0.5, 0.6) is 0 Å². The van der Waals surface area contributed by atoms with Crippen molar-refractivity contribution < 1.29 is 14.7 Å². The molecular weight excluding hydrogens is 382 g/mol. The Balaban J connectivity index is 1.58. The number of hydrogen-bond acceptors (Lipinski definition) is 6. The SMILES string of the molecule is CCCC(=O)c1ccc(Nc2cc(N(C)CC3CCN(C(=O)O)CC3)ncn2)cc1. The van der Waals surface area contributed by atoms with Gasteiger partial charge in [-0.15, -0.1) is 0 Å². The highest BCUT2D eigenvalue weighted by molar-refractivity contribution is 5.96. The summed E-state index contributed by atoms with van der Waals surface area (Å²) < 4.78 is 0. The zero-order valence-electron chi connectivity index (χ0n) is 17.5. The lowest BCUT2D eigenvalue weighted by atomic mass is 9.96. The molecule has 2 heterocycles. The van der Waals surface area contributed by atoms with Gasteiger partial charge < -0.3 is 20.2 Å². The summed E-state index contributed by atoms with van der Waals surface area (Å²) in [7, 11) is 1.99. The molecule has 160 valence electrons. The minimum Gasteiger partial charge on any atom is -0.465 e. The number of hydrogen-bond donors (Lipinski definition) is 2. The number of anilines is 3. The second-order valence-corrected chi connectivity index (χ2v) is 7.73. The zero-order chi connectivity index (χ0) is 21.5. The molecule has 8 nitrogen and oxygen atoms in total. The lowest BCUT2D eigenvalue weighted by molar-refractivity contribution is 0.0981. The van der Waals surface area contributed by atoms with E-state index in [1.165, 1.54) is 11.2 Å². The van der Waals surface area contributed by atoms with E-state index in [0.29, 0.717) is 31.2 Å². The summed E-state index contributed by atoms with van der Waals surface area (Å²) in [5.41, 5.74) is 1.58. The number of amides is 1. The molecule has 2 N–H and O–H groups in total. The molecule has 1 aliphatic heterocycles. The summed E-state index contributed by atoms with van der Waals surface area (Å²) in [4.78, 5) is 35.2. The smallest absolute Gasteiger partial charge is 0.407 e. The molecule has 1 saturated heterocycles. The van der Waals surface area contributed by atoms with Crippen molar-refractivity contribution in [3.05, 3.63) is 42.2 Å². The predicted molar refractivity (Wildman–Crippen MR) is 117 cm³/mol. The number of nitrogens with one attached hydrogen (secondary N) is 1. The Labute approximate surface area is 176 Å². The lowest BCUT2D eigenvalue weighted by Gasteiger charge is -2.32. The number of piperidine rings is 1. The fourth-order valence-electron chi connectivity index (χ4n) is 3.67. The second kappa shape index (κ2) is 10.0. The van der Waals surface area contributed by atoms with E-state index in [4.69, 9.17) is 5.11 Å². The molecule has 1 aromatic carbocycles. The molecule has 0 spiro atoms. The van der Waals surface area contributed by atoms with E-state index in [2.05, 4.69) is 20.2 Å². The molecule has 1 fully saturated rings. The molecule has 1 aromatic heterocycles. The van der Waals surface area contributed by atoms with Crippen molar-refractivity contribution in [2.24, 2.45) is 5.92 Å². The quantitative estimate of drug-likeness (QED) is 0.633. The van der Waals surface area contributed by atoms with E-state index in [9.17, 15) is 9.59 Å². The van der Waals surface area contributed by atoms with Crippen LogP contribution in [0, 0.1) is 5.92 Å². The first-order valence-electron chi connectivity index (χ1n) is 10.4. The van der Waals surface area contributed by atoms with Crippen LogP contribution in [0.1, 0.15) is 43.0 Å². The van der Waals surface area contributed by atoms with Crippen LogP contribution in [0.3, 0.4) is 0 Å². The molecule has 1 amide bonds. The van der Waals surface area contributed by atoms with Gasteiger partial charge >= 0.3 is 6.09 Å². The van der Waals surface area contributed by atoms with Gasteiger partial charge in [0.05, 0.1) is 0 Å². The number of Topliss-reactive ketones (excluding diaryl/α,β-unsaturated/α-hetero) is 1. The van der Waals surface area contributed by atoms with Crippen LogP contribution in [0.4, 0.5) is 22.1 Å². The van der Waals surface area contributed by atoms with Crippen molar-refractivity contribution in [3.63, 3.8) is 0 Å². The number of ketones is 1. The zero-order valence-corrected chi connectivity index (χ0v) is 17.5. The molecule has 0 bridgehead atoms. The summed E-state index contributed by atoms with van der Waals surface area (Å²) >= 11 is 0. The van der Waals surface area contributed by atoms with Crippen molar-refractivity contribution >= 4 is 29.2 Å². The fourth-order valence-corrected chi connectivity index (χ4v) is 3.67. The van der Waals surface area contributed by atoms with Gasteiger partial charge in [0, 0.05) is 50.4 Å². The van der Waals surface area contributed by atoms with Gasteiger partial charge in [-0.2, -0.15) is 0 Å². The van der Waals surface area contributed by atoms with Gasteiger partial charge in [-0.3, -0.25) is 4.79 Å². The Kier molecular flexibility index (Phi) is 7.21. The van der Waals surface area contributed by atoms with Crippen molar-refractivity contribution in [1.29, 1.82) is 0 Å². The van der Waals surface area contributed by atoms with E-state index in [0.717, 1.165) is 42.9 Å². The summed E-state index contributed by atoms with van der Waals surface area (Å²) in [6, 6.07) is 9.31. The van der Waals surface area contributed by atoms with Crippen molar-refractivity contribution in [2.45, 2.75) is 32.6 Å². The Morgan fingerprint density at radius 2 is 1.90 bits per heavy atom. The number of carboxylic acid groups (broad SMARTS) is 1. The standard InChI is InChI=1S/C22H29N5O3/c1-3-4-19(28)17-5-7-18(8-6-17)25-20-13-21(24-15-23-20)26(2)14-16-9-11-27(12-10-16)22(29)30/h5-8,13,15-16H,3-4,9-12,14H2,1-2H3,(H,29,30)(H,23,24,25). The maximum absolute atomic E-state index is 12.0. The molecule has 2 aromatic rings. The third kappa shape index (κ3) is 5.68. The topological polar surface area (TPSA) is 98.7 Å². The van der Waals surface area contributed by atoms with Crippen molar-refractivity contribution in [3.8, 4) is 0 Å². The molecule has 30 heavy (non-hydrogen) atoms. The van der Waals surface area contributed by atoms with Gasteiger partial charge in [0.2, 0.25) is 0 Å². The first-order chi connectivity index (χ1) is 14.5. The molecule has 0 aliphatic carbocycles. The Hall–Kier alpha value is -3.16. The number of carbonyl (C=O) groups excluding carboxylic acids is 1. The molecule has 1 aliphatic rings. The van der Waals surface area contributed by atoms with Gasteiger partial charge in [0.15, 0.2) is 5.78 Å². The average molecular weight is 412 g/mol. The summed E-state index contributed by atoms with van der Waals surface area (Å²) in [6.07, 6.45) is 3.81. The fraction of sp³-hybridized carbons (Fsp3) is 0.455. The highest BCUT2D eigenvalue weighted by Gasteiger charge is 2.23. The molecule has 0 atom stereocenters. The molecule has 0 radical (unpaired) electrons. The van der Waals surface area contributed by atoms with E-state index in [1.807, 2.05) is 44.3 Å². The number of aromatic nitrogens is 2. The van der Waals surface area contributed by atoms with Crippen LogP contribution in [0.25, 0.3) is 0 Å². The minimum absolute atomic E-state index is 0.157. The van der Waals surface area contributed by atoms with Crippen LogP contribution in [0.2, 0.25) is 0 Å². The van der Waals surface area contributed by atoms with Gasteiger partial charge in [0.25, 0.3) is 0 Å². The van der Waals surface area contributed by atoms with E-state index < -0.39 is 6.09 Å². The summed E-state index contributed by atoms with van der Waals surface area (Å²) in [5, 5.41) is 12.3. The van der Waals surface area contributed by atoms with Crippen LogP contribution in [-0.4, -0.2) is 58.5 Å². The second-order valence-electron chi connectivity index (χ2n) is 7.73. The van der Waals surface area contributed by atoms with Crippen molar-refractivity contribution in [2.75, 3.05) is 36.9 Å². The lowest BCUT2D eigenvalue weighted by Crippen LogP contribution is -2.40. The summed E-state index contributed by atoms with van der Waals surface area (Å²) in [6.45, 7) is 3.98. The summed E-state index contributed by atoms with van der Waals surface area (Å²) in [5.74, 6) is 2.08. The number of benzene rings is 1. The van der Waals surface area contributed by atoms with Crippen LogP contribution in [-0.2, 0) is 0 Å². The van der Waals surface area contributed by atoms with Crippen molar-refractivity contribution in [1.82, 2.24) is 14.9 Å². The molecule has 3 rings (SSSR count). The van der Waals surface area contributed by atoms with Gasteiger partial charge in [-0.05, 0) is 49.4 Å². The third-order valence-corrected chi connectivity index (χ3v) is 5.42. The van der Waals surface area contributed by atoms with Gasteiger partial charge in [0.1, 0.15) is 18.0 Å². The van der Waals surface area contributed by atoms with E-state index in [-0.39, 0.29) is 5.78 Å². The third-order valence-electron chi connectivity index (χ3n) is 5.42. The highest BCUT2D eigenvalue weighted by atomic mass is 16.4. The Morgan fingerprint density at radius 1 is 1.20 bits per heavy atom. The number of nitrogens with zero attached hydrogens (tertiary/aromatic N) is 4. The van der Waals surface area contributed by atoms with E-state index >= 15 is 0 Å². The van der Waals surface area contributed by atoms with Crippen LogP contribution < -0.4 is 10.2 Å². The average Bonchev–Trinajstić information content (AvgIpc) is 2.75. The number of carbonyl (C=O) groups is 2. The van der Waals surface area contributed by atoms with Gasteiger partial charge in [-0.25, -0.2) is 14.8 Å². The highest BCUT2D eigenvalue weighted by Crippen LogP contribution is 2.22. The Morgan fingerprint density at radius 3 is 2.53 bits per heavy atom. The molecule has 8 heteroatoms. The van der Waals surface area contributed by atoms with Crippen LogP contribution in [0.15, 0.2) is 36.7 Å². The van der Waals surface area contributed by atoms with E-state index in [1.54, 1.807) is 0 Å². The maximum Gasteiger partial charge on any atom is 0.407 e. The minimum atomic E-state index is -0.837. The monoisotopic (exact) mass is 411 g/mol. The maximum atomic E-state index is 12.0. The first-order valence-corrected chi connectivity index (χ1v) is 10.4. The first kappa shape index (κ1) is 21.5. The normalized spacial score (nSPS) is 14.4. The Bertz CT molecular complexity index is 863. The number of rotatable bonds is 8. The van der Waals surface area contributed by atoms with Crippen LogP contribution >= 0.6 is 0 Å². The number of likely N-dealkylation sites (tertiary alicyclic amines) is 1. The largest absolute Gasteiger partial charge is 0.465 e. The molecular formula is C22H29N5O3. The van der Waals surface area contributed by atoms with Gasteiger partial charge in [-0.1, -0.05) is 6.92 Å². The molecule has 0 unspecified atom stereocenters. The molecule has 0 saturated carbocycles.